The molecule has 2 heterocycles. The van der Waals surface area contributed by atoms with Gasteiger partial charge in [-0.1, -0.05) is 0 Å². The Balaban J connectivity index is -0.000000482. The summed E-state index contributed by atoms with van der Waals surface area (Å²) in [6.07, 6.45) is -41.6. The number of ketones is 4. The molecule has 0 aliphatic heterocycles. The van der Waals surface area contributed by atoms with E-state index in [4.69, 9.17) is 0 Å². The van der Waals surface area contributed by atoms with Crippen molar-refractivity contribution in [2.75, 3.05) is 0 Å². The number of allylic oxidation sites excluding steroid dienone is 8. The molecule has 44 heteroatoms. The Hall–Kier alpha value is -7.88. The van der Waals surface area contributed by atoms with Crippen LogP contribution in [0.15, 0.2) is 121 Å². The third-order valence-corrected chi connectivity index (χ3v) is 8.04. The first kappa shape index (κ1) is 86.6. The fraction of sp³-hybridized carbons (Fsp3) is 0.364. The van der Waals surface area contributed by atoms with Crippen molar-refractivity contribution >= 4 is 34.5 Å². The van der Waals surface area contributed by atoms with Crippen molar-refractivity contribution in [1.82, 2.24) is 29.5 Å². The number of nitrogens with zero attached hydrogens (tertiary/aromatic N) is 8. The normalized spacial score (nSPS) is 13.0. The molecule has 0 unspecified atom stereocenters. The number of hydrogen-bond acceptors (Lipinski definition) is 14. The van der Waals surface area contributed by atoms with Crippen LogP contribution < -0.4 is 20.4 Å². The van der Waals surface area contributed by atoms with Gasteiger partial charge < -0.3 is 20.4 Å². The van der Waals surface area contributed by atoms with Gasteiger partial charge >= 0.3 is 49.4 Å². The zero-order valence-electron chi connectivity index (χ0n) is 43.7. The predicted octanol–water partition coefficient (Wildman–Crippen LogP) is 8.64. The summed E-state index contributed by atoms with van der Waals surface area (Å²) in [7, 11) is 0. The van der Waals surface area contributed by atoms with Gasteiger partial charge in [-0.2, -0.15) is 116 Å². The van der Waals surface area contributed by atoms with E-state index < -0.39 is 131 Å². The number of aromatic nitrogens is 6. The SMILES string of the molecule is CC(C)(C)[N+](=O)c1ccc(-n2cncn2)cc1.CC(C)(C)[N+](=O)c1ccc(-n2cncn2)cc1.O=C(/C=C(\[O-])C(F)(F)F)C(F)(F)F.O=C(/C=C(\[O-])C(F)(F)F)C(F)(F)F.O=C(/C=C(\[O-])C(F)(F)F)C(F)(F)F.O=C(/C=C(\[O-])C(F)(F)F)C(F)(F)F.[Mn].[Mn]. The van der Waals surface area contributed by atoms with Crippen LogP contribution in [0.3, 0.4) is 0 Å². The van der Waals surface area contributed by atoms with Crippen LogP contribution in [0.2, 0.25) is 0 Å². The molecule has 0 saturated carbocycles. The maximum absolute atomic E-state index is 11.9. The van der Waals surface area contributed by atoms with E-state index in [0.29, 0.717) is 11.4 Å². The molecule has 0 atom stereocenters. The van der Waals surface area contributed by atoms with Crippen molar-refractivity contribution in [3.8, 4) is 11.4 Å². The van der Waals surface area contributed by atoms with Crippen LogP contribution in [0.5, 0.6) is 0 Å². The van der Waals surface area contributed by atoms with Crippen molar-refractivity contribution < 1.29 is 189 Å². The molecular weight excluding hydrogens is 1370 g/mol. The van der Waals surface area contributed by atoms with Crippen molar-refractivity contribution in [1.29, 1.82) is 0 Å². The van der Waals surface area contributed by atoms with Gasteiger partial charge in [-0.05, 0) is 71.6 Å². The summed E-state index contributed by atoms with van der Waals surface area (Å²) in [6.45, 7) is 11.3. The maximum atomic E-state index is 11.9. The van der Waals surface area contributed by atoms with Crippen molar-refractivity contribution in [2.24, 2.45) is 0 Å². The van der Waals surface area contributed by atoms with E-state index in [1.807, 2.05) is 65.8 Å². The Kier molecular flexibility index (Phi) is 32.9. The molecular formula is C44H34F24Mn2N8O10-2. The fourth-order valence-electron chi connectivity index (χ4n) is 4.07. The van der Waals surface area contributed by atoms with Gasteiger partial charge in [-0.25, -0.2) is 19.3 Å². The summed E-state index contributed by atoms with van der Waals surface area (Å²) in [5, 5.41) is 47.3. The second-order valence-electron chi connectivity index (χ2n) is 17.1. The number of alkyl halides is 24. The number of carbonyl (C=O) groups is 4. The quantitative estimate of drug-likeness (QED) is 0.0526. The molecule has 4 rings (SSSR count). The molecule has 494 valence electrons. The maximum Gasteiger partial charge on any atom is 0.454 e. The number of halogens is 24. The van der Waals surface area contributed by atoms with E-state index in [0.717, 1.165) is 20.9 Å². The fourth-order valence-corrected chi connectivity index (χ4v) is 4.07. The summed E-state index contributed by atoms with van der Waals surface area (Å²) in [4.78, 5) is 70.9. The first-order valence-electron chi connectivity index (χ1n) is 21.3. The first-order valence-corrected chi connectivity index (χ1v) is 21.3. The molecule has 0 aliphatic rings. The minimum Gasteiger partial charge on any atom is -0.869 e. The molecule has 0 bridgehead atoms. The largest absolute Gasteiger partial charge is 0.869 e. The summed E-state index contributed by atoms with van der Waals surface area (Å²) in [5.74, 6) is -22.6. The van der Waals surface area contributed by atoms with Gasteiger partial charge in [0.2, 0.25) is 11.1 Å². The van der Waals surface area contributed by atoms with Gasteiger partial charge in [0.1, 0.15) is 25.3 Å². The summed E-state index contributed by atoms with van der Waals surface area (Å²) in [5.41, 5.74) is 2.17. The summed E-state index contributed by atoms with van der Waals surface area (Å²) >= 11 is 0. The Morgan fingerprint density at radius 3 is 0.670 bits per heavy atom. The zero-order valence-corrected chi connectivity index (χ0v) is 46.1. The molecule has 0 N–H and O–H groups in total. The first-order chi connectivity index (χ1) is 38.2. The van der Waals surface area contributed by atoms with Gasteiger partial charge in [-0.3, -0.25) is 19.2 Å². The van der Waals surface area contributed by atoms with E-state index in [2.05, 4.69) is 20.2 Å². The molecule has 0 amide bonds. The molecule has 2 aromatic heterocycles. The average molecular weight is 1400 g/mol. The van der Waals surface area contributed by atoms with E-state index in [-0.39, 0.29) is 34.1 Å². The van der Waals surface area contributed by atoms with E-state index in [1.165, 1.54) is 12.7 Å². The molecule has 0 fully saturated rings. The van der Waals surface area contributed by atoms with Gasteiger partial charge in [0.25, 0.3) is 34.5 Å². The van der Waals surface area contributed by atoms with Gasteiger partial charge in [-0.15, -0.1) is 0 Å². The van der Waals surface area contributed by atoms with Crippen molar-refractivity contribution in [3.63, 3.8) is 0 Å². The Labute approximate surface area is 496 Å². The number of rotatable bonds is 8. The van der Waals surface area contributed by atoms with E-state index >= 15 is 0 Å². The average Bonchev–Trinajstić information content (AvgIpc) is 4.08. The summed E-state index contributed by atoms with van der Waals surface area (Å²) in [6, 6.07) is 14.5. The monoisotopic (exact) mass is 1400 g/mol. The Morgan fingerprint density at radius 2 is 0.545 bits per heavy atom. The Bertz CT molecular complexity index is 2720. The number of carbonyl (C=O) groups excluding carboxylic acids is 4. The van der Waals surface area contributed by atoms with Crippen molar-refractivity contribution in [2.45, 2.75) is 102 Å². The molecule has 0 spiro atoms. The molecule has 4 aromatic rings. The topological polar surface area (TPSA) is 262 Å². The van der Waals surface area contributed by atoms with Crippen LogP contribution in [0.4, 0.5) is 117 Å². The third kappa shape index (κ3) is 33.3. The van der Waals surface area contributed by atoms with Gasteiger partial charge in [0.05, 0.1) is 11.4 Å². The van der Waals surface area contributed by atoms with Crippen LogP contribution >= 0.6 is 0 Å². The standard InChI is InChI=1S/2C12H15N4O.4C5H2F6O2.2Mn/c2*1-12(2,3)16(17)11-6-4-10(5-7-11)15-9-13-8-14-15;4*6-4(7,8)2(12)1-3(13)5(9,10)11;;/h2*4-9H,1-3H3;4*1,12H;;/q2*+1;;;;;;/p-4/b;;4*2-1-;;. The van der Waals surface area contributed by atoms with Crippen LogP contribution in [0, 0.1) is 9.81 Å². The molecule has 18 nitrogen and oxygen atoms in total. The third-order valence-electron chi connectivity index (χ3n) is 8.04. The second-order valence-corrected chi connectivity index (χ2v) is 17.1. The second kappa shape index (κ2) is 33.5. The number of hydrogen-bond donors (Lipinski definition) is 0. The van der Waals surface area contributed by atoms with Gasteiger partial charge in [0, 0.05) is 119 Å². The predicted molar refractivity (Wildman–Crippen MR) is 230 cm³/mol. The molecule has 2 radical (unpaired) electrons. The molecule has 0 aliphatic carbocycles. The van der Waals surface area contributed by atoms with Crippen LogP contribution in [0.25, 0.3) is 11.4 Å². The molecule has 2 aromatic carbocycles. The number of benzene rings is 2. The van der Waals surface area contributed by atoms with E-state index in [9.17, 15) is 155 Å². The molecule has 88 heavy (non-hydrogen) atoms. The minimum absolute atomic E-state index is 0. The van der Waals surface area contributed by atoms with Gasteiger partial charge in [0.15, 0.2) is 0 Å². The van der Waals surface area contributed by atoms with Crippen LogP contribution in [-0.4, -0.2) is 123 Å². The van der Waals surface area contributed by atoms with E-state index in [1.54, 1.807) is 46.3 Å². The van der Waals surface area contributed by atoms with Crippen LogP contribution in [-0.2, 0) is 53.3 Å². The summed E-state index contributed by atoms with van der Waals surface area (Å²) < 4.78 is 276. The zero-order chi connectivity index (χ0) is 68.4. The smallest absolute Gasteiger partial charge is 0.454 e. The Morgan fingerprint density at radius 1 is 0.364 bits per heavy atom. The number of nitroso groups, excluding NO2 is 2. The van der Waals surface area contributed by atoms with Crippen LogP contribution in [0.1, 0.15) is 41.5 Å². The molecule has 0 saturated heterocycles. The van der Waals surface area contributed by atoms with Crippen molar-refractivity contribution in [3.05, 3.63) is 131 Å². The minimum atomic E-state index is -5.46.